The van der Waals surface area contributed by atoms with Crippen LogP contribution in [-0.4, -0.2) is 0 Å². The Labute approximate surface area is 160 Å². The lowest BCUT2D eigenvalue weighted by molar-refractivity contribution is 0.252. The fourth-order valence-electron chi connectivity index (χ4n) is 4.16. The summed E-state index contributed by atoms with van der Waals surface area (Å²) in [6.45, 7) is 2.30. The lowest BCUT2D eigenvalue weighted by Gasteiger charge is -2.28. The van der Waals surface area contributed by atoms with Gasteiger partial charge in [0.25, 0.3) is 0 Å². The van der Waals surface area contributed by atoms with E-state index in [9.17, 15) is 4.39 Å². The van der Waals surface area contributed by atoms with Crippen molar-refractivity contribution in [3.63, 3.8) is 0 Å². The van der Waals surface area contributed by atoms with Gasteiger partial charge in [-0.1, -0.05) is 91.7 Å². The van der Waals surface area contributed by atoms with Crippen molar-refractivity contribution in [1.29, 1.82) is 0 Å². The maximum Gasteiger partial charge on any atom is 0.132 e. The van der Waals surface area contributed by atoms with E-state index in [1.165, 1.54) is 56.6 Å². The van der Waals surface area contributed by atoms with E-state index in [1.54, 1.807) is 0 Å². The fourth-order valence-corrected chi connectivity index (χ4v) is 4.50. The number of benzene rings is 2. The molecular weight excluding hydrogens is 375 g/mol. The van der Waals surface area contributed by atoms with E-state index in [1.807, 2.05) is 12.1 Å². The van der Waals surface area contributed by atoms with Gasteiger partial charge in [-0.05, 0) is 47.9 Å². The van der Waals surface area contributed by atoms with Crippen LogP contribution in [0, 0.1) is 17.7 Å². The Hall–Kier alpha value is -1.15. The predicted octanol–water partition coefficient (Wildman–Crippen LogP) is 7.79. The van der Waals surface area contributed by atoms with Crippen LogP contribution in [0.1, 0.15) is 57.4 Å². The van der Waals surface area contributed by atoms with Crippen LogP contribution in [0.3, 0.4) is 0 Å². The molecule has 2 aromatic rings. The molecule has 134 valence electrons. The molecule has 0 atom stereocenters. The first-order valence-electron chi connectivity index (χ1n) is 9.70. The molecule has 25 heavy (non-hydrogen) atoms. The number of hydrogen-bond acceptors (Lipinski definition) is 0. The predicted molar refractivity (Wildman–Crippen MR) is 108 cm³/mol. The van der Waals surface area contributed by atoms with Gasteiger partial charge in [-0.2, -0.15) is 0 Å². The van der Waals surface area contributed by atoms with Gasteiger partial charge in [-0.25, -0.2) is 4.39 Å². The smallest absolute Gasteiger partial charge is 0.132 e. The normalized spacial score (nSPS) is 20.6. The van der Waals surface area contributed by atoms with Crippen molar-refractivity contribution in [3.8, 4) is 11.1 Å². The molecular formula is C23H28BrF. The van der Waals surface area contributed by atoms with Crippen molar-refractivity contribution >= 4 is 15.9 Å². The summed E-state index contributed by atoms with van der Waals surface area (Å²) in [7, 11) is 0. The highest BCUT2D eigenvalue weighted by Gasteiger charge is 2.20. The Kier molecular flexibility index (Phi) is 6.70. The van der Waals surface area contributed by atoms with E-state index in [0.717, 1.165) is 28.3 Å². The molecule has 2 heteroatoms. The maximum absolute atomic E-state index is 14.1. The highest BCUT2D eigenvalue weighted by molar-refractivity contribution is 9.10. The summed E-state index contributed by atoms with van der Waals surface area (Å²) in [5.74, 6) is 1.71. The van der Waals surface area contributed by atoms with Gasteiger partial charge in [0.05, 0.1) is 0 Å². The van der Waals surface area contributed by atoms with Crippen LogP contribution < -0.4 is 0 Å². The van der Waals surface area contributed by atoms with Crippen LogP contribution >= 0.6 is 15.9 Å². The van der Waals surface area contributed by atoms with Crippen LogP contribution in [0.25, 0.3) is 11.1 Å². The molecule has 2 aromatic carbocycles. The Balaban J connectivity index is 1.53. The number of hydrogen-bond donors (Lipinski definition) is 0. The summed E-state index contributed by atoms with van der Waals surface area (Å²) in [5.41, 5.74) is 3.00. The fraction of sp³-hybridized carbons (Fsp3) is 0.478. The molecule has 0 aromatic heterocycles. The quantitative estimate of drug-likeness (QED) is 0.462. The van der Waals surface area contributed by atoms with Crippen molar-refractivity contribution in [1.82, 2.24) is 0 Å². The van der Waals surface area contributed by atoms with E-state index < -0.39 is 0 Å². The lowest BCUT2D eigenvalue weighted by atomic mass is 9.78. The van der Waals surface area contributed by atoms with Crippen molar-refractivity contribution in [2.45, 2.75) is 58.3 Å². The number of halogens is 2. The third kappa shape index (κ3) is 5.17. The molecule has 0 aliphatic heterocycles. The van der Waals surface area contributed by atoms with Gasteiger partial charge in [0.15, 0.2) is 0 Å². The van der Waals surface area contributed by atoms with Gasteiger partial charge < -0.3 is 0 Å². The Morgan fingerprint density at radius 2 is 1.56 bits per heavy atom. The molecule has 1 aliphatic carbocycles. The summed E-state index contributed by atoms with van der Waals surface area (Å²) in [6, 6.07) is 13.7. The zero-order valence-electron chi connectivity index (χ0n) is 15.1. The van der Waals surface area contributed by atoms with Crippen molar-refractivity contribution in [3.05, 3.63) is 58.3 Å². The first-order valence-corrected chi connectivity index (χ1v) is 10.5. The molecule has 0 unspecified atom stereocenters. The van der Waals surface area contributed by atoms with E-state index in [-0.39, 0.29) is 5.82 Å². The first-order chi connectivity index (χ1) is 12.2. The maximum atomic E-state index is 14.1. The summed E-state index contributed by atoms with van der Waals surface area (Å²) >= 11 is 3.31. The molecule has 0 N–H and O–H groups in total. The highest BCUT2D eigenvalue weighted by atomic mass is 79.9. The van der Waals surface area contributed by atoms with Gasteiger partial charge in [0.1, 0.15) is 5.82 Å². The SMILES string of the molecule is CCC[C@H]1CC[C@H](CCc2ccc(-c3ccc(Br)cc3F)cc2)CC1. The molecule has 0 bridgehead atoms. The van der Waals surface area contributed by atoms with Crippen molar-refractivity contribution in [2.24, 2.45) is 11.8 Å². The van der Waals surface area contributed by atoms with Crippen LogP contribution in [0.15, 0.2) is 46.9 Å². The van der Waals surface area contributed by atoms with Gasteiger partial charge in [-0.15, -0.1) is 0 Å². The Morgan fingerprint density at radius 1 is 0.920 bits per heavy atom. The topological polar surface area (TPSA) is 0 Å². The lowest BCUT2D eigenvalue weighted by Crippen LogP contribution is -2.15. The van der Waals surface area contributed by atoms with Crippen LogP contribution in [-0.2, 0) is 6.42 Å². The van der Waals surface area contributed by atoms with E-state index in [4.69, 9.17) is 0 Å². The summed E-state index contributed by atoms with van der Waals surface area (Å²) in [6.07, 6.45) is 10.9. The first kappa shape index (κ1) is 18.6. The van der Waals surface area contributed by atoms with E-state index in [2.05, 4.69) is 47.1 Å². The minimum atomic E-state index is -0.175. The molecule has 0 heterocycles. The van der Waals surface area contributed by atoms with E-state index in [0.29, 0.717) is 5.56 Å². The molecule has 3 rings (SSSR count). The molecule has 0 saturated heterocycles. The van der Waals surface area contributed by atoms with Gasteiger partial charge in [0.2, 0.25) is 0 Å². The third-order valence-corrected chi connectivity index (χ3v) is 6.19. The number of aryl methyl sites for hydroxylation is 1. The number of rotatable bonds is 6. The Bertz CT molecular complexity index is 669. The highest BCUT2D eigenvalue weighted by Crippen LogP contribution is 2.34. The van der Waals surface area contributed by atoms with E-state index >= 15 is 0 Å². The molecule has 1 aliphatic rings. The third-order valence-electron chi connectivity index (χ3n) is 5.70. The second kappa shape index (κ2) is 8.98. The van der Waals surface area contributed by atoms with Crippen LogP contribution in [0.2, 0.25) is 0 Å². The standard InChI is InChI=1S/C23H28BrF/c1-2-3-17-4-6-18(7-5-17)8-9-19-10-12-20(13-11-19)22-15-14-21(24)16-23(22)25/h10-18H,2-9H2,1H3/t17-,18-. The molecule has 1 saturated carbocycles. The second-order valence-electron chi connectivity index (χ2n) is 7.54. The van der Waals surface area contributed by atoms with Crippen molar-refractivity contribution in [2.75, 3.05) is 0 Å². The summed E-state index contributed by atoms with van der Waals surface area (Å²) in [5, 5.41) is 0. The Morgan fingerprint density at radius 3 is 2.16 bits per heavy atom. The summed E-state index contributed by atoms with van der Waals surface area (Å²) < 4.78 is 14.9. The van der Waals surface area contributed by atoms with Gasteiger partial charge in [0, 0.05) is 10.0 Å². The minimum absolute atomic E-state index is 0.175. The molecule has 0 radical (unpaired) electrons. The minimum Gasteiger partial charge on any atom is -0.206 e. The van der Waals surface area contributed by atoms with Crippen molar-refractivity contribution < 1.29 is 4.39 Å². The van der Waals surface area contributed by atoms with Gasteiger partial charge >= 0.3 is 0 Å². The zero-order chi connectivity index (χ0) is 17.6. The average molecular weight is 403 g/mol. The second-order valence-corrected chi connectivity index (χ2v) is 8.45. The molecule has 0 spiro atoms. The molecule has 0 nitrogen and oxygen atoms in total. The van der Waals surface area contributed by atoms with Crippen LogP contribution in [0.4, 0.5) is 4.39 Å². The molecule has 1 fully saturated rings. The zero-order valence-corrected chi connectivity index (χ0v) is 16.7. The monoisotopic (exact) mass is 402 g/mol. The average Bonchev–Trinajstić information content (AvgIpc) is 2.62. The molecule has 0 amide bonds. The largest absolute Gasteiger partial charge is 0.206 e. The summed E-state index contributed by atoms with van der Waals surface area (Å²) in [4.78, 5) is 0. The van der Waals surface area contributed by atoms with Crippen LogP contribution in [0.5, 0.6) is 0 Å². The van der Waals surface area contributed by atoms with Gasteiger partial charge in [-0.3, -0.25) is 0 Å².